The molecule has 1 aromatic heterocycles. The zero-order chi connectivity index (χ0) is 11.0. The smallest absolute Gasteiger partial charge is 0.147 e. The van der Waals surface area contributed by atoms with Crippen LogP contribution in [-0.2, 0) is 11.0 Å². The summed E-state index contributed by atoms with van der Waals surface area (Å²) < 4.78 is 0. The van der Waals surface area contributed by atoms with E-state index in [2.05, 4.69) is 30.7 Å². The lowest BCUT2D eigenvalue weighted by atomic mass is 9.91. The number of rotatable bonds is 1. The topological polar surface area (TPSA) is 51.8 Å². The van der Waals surface area contributed by atoms with Crippen LogP contribution < -0.4 is 5.73 Å². The average Bonchev–Trinajstić information content (AvgIpc) is 2.01. The van der Waals surface area contributed by atoms with E-state index in [1.165, 1.54) is 0 Å². The van der Waals surface area contributed by atoms with Gasteiger partial charge in [-0.3, -0.25) is 0 Å². The SMILES string of the molecule is CC(C)(C)c1ccnc(C(C)(C)N)n1. The van der Waals surface area contributed by atoms with Crippen molar-refractivity contribution in [3.8, 4) is 0 Å². The van der Waals surface area contributed by atoms with E-state index < -0.39 is 5.54 Å². The summed E-state index contributed by atoms with van der Waals surface area (Å²) in [5, 5.41) is 0. The third kappa shape index (κ3) is 2.51. The number of hydrogen-bond donors (Lipinski definition) is 1. The number of nitrogens with zero attached hydrogens (tertiary/aromatic N) is 2. The monoisotopic (exact) mass is 193 g/mol. The van der Waals surface area contributed by atoms with Crippen LogP contribution in [-0.4, -0.2) is 9.97 Å². The fraction of sp³-hybridized carbons (Fsp3) is 0.636. The molecule has 0 spiro atoms. The van der Waals surface area contributed by atoms with Gasteiger partial charge in [0.25, 0.3) is 0 Å². The summed E-state index contributed by atoms with van der Waals surface area (Å²) in [7, 11) is 0. The van der Waals surface area contributed by atoms with Gasteiger partial charge in [0.1, 0.15) is 5.82 Å². The second-order valence-corrected chi connectivity index (χ2v) is 5.24. The van der Waals surface area contributed by atoms with Crippen molar-refractivity contribution in [2.45, 2.75) is 45.6 Å². The maximum absolute atomic E-state index is 5.94. The van der Waals surface area contributed by atoms with E-state index >= 15 is 0 Å². The first-order chi connectivity index (χ1) is 6.21. The van der Waals surface area contributed by atoms with Gasteiger partial charge < -0.3 is 5.73 Å². The van der Waals surface area contributed by atoms with Crippen molar-refractivity contribution in [3.63, 3.8) is 0 Å². The Morgan fingerprint density at radius 3 is 2.14 bits per heavy atom. The van der Waals surface area contributed by atoms with Gasteiger partial charge in [-0.2, -0.15) is 0 Å². The minimum absolute atomic E-state index is 0.0446. The van der Waals surface area contributed by atoms with Crippen molar-refractivity contribution in [2.75, 3.05) is 0 Å². The van der Waals surface area contributed by atoms with Gasteiger partial charge in [-0.25, -0.2) is 9.97 Å². The van der Waals surface area contributed by atoms with E-state index in [1.54, 1.807) is 6.20 Å². The van der Waals surface area contributed by atoms with Crippen LogP contribution in [0.2, 0.25) is 0 Å². The lowest BCUT2D eigenvalue weighted by Crippen LogP contribution is -2.32. The Kier molecular flexibility index (Phi) is 2.63. The van der Waals surface area contributed by atoms with Gasteiger partial charge in [0, 0.05) is 17.3 Å². The van der Waals surface area contributed by atoms with E-state index in [1.807, 2.05) is 19.9 Å². The first-order valence-corrected chi connectivity index (χ1v) is 4.84. The lowest BCUT2D eigenvalue weighted by molar-refractivity contribution is 0.493. The summed E-state index contributed by atoms with van der Waals surface area (Å²) in [5.74, 6) is 0.699. The Hall–Kier alpha value is -0.960. The highest BCUT2D eigenvalue weighted by atomic mass is 15.0. The highest BCUT2D eigenvalue weighted by Crippen LogP contribution is 2.21. The summed E-state index contributed by atoms with van der Waals surface area (Å²) in [5.41, 5.74) is 6.55. The second kappa shape index (κ2) is 3.31. The standard InChI is InChI=1S/C11H19N3/c1-10(2,3)8-6-7-13-9(14-8)11(4,5)12/h6-7H,12H2,1-5H3. The second-order valence-electron chi connectivity index (χ2n) is 5.24. The normalized spacial score (nSPS) is 13.0. The van der Waals surface area contributed by atoms with Gasteiger partial charge in [0.2, 0.25) is 0 Å². The zero-order valence-electron chi connectivity index (χ0n) is 9.63. The molecule has 3 heteroatoms. The molecule has 0 aromatic carbocycles. The Labute approximate surface area is 85.8 Å². The quantitative estimate of drug-likeness (QED) is 0.742. The van der Waals surface area contributed by atoms with Gasteiger partial charge in [-0.05, 0) is 19.9 Å². The predicted octanol–water partition coefficient (Wildman–Crippen LogP) is 1.97. The molecule has 3 nitrogen and oxygen atoms in total. The molecule has 0 radical (unpaired) electrons. The molecule has 0 aliphatic heterocycles. The predicted molar refractivity (Wildman–Crippen MR) is 57.9 cm³/mol. The maximum atomic E-state index is 5.94. The van der Waals surface area contributed by atoms with Crippen LogP contribution in [0.5, 0.6) is 0 Å². The van der Waals surface area contributed by atoms with Crippen molar-refractivity contribution < 1.29 is 0 Å². The van der Waals surface area contributed by atoms with Crippen molar-refractivity contribution in [1.29, 1.82) is 0 Å². The van der Waals surface area contributed by atoms with E-state index in [0.717, 1.165) is 5.69 Å². The van der Waals surface area contributed by atoms with E-state index in [-0.39, 0.29) is 5.41 Å². The van der Waals surface area contributed by atoms with Crippen LogP contribution in [0, 0.1) is 0 Å². The molecule has 1 aromatic rings. The van der Waals surface area contributed by atoms with E-state index in [9.17, 15) is 0 Å². The summed E-state index contributed by atoms with van der Waals surface area (Å²) in [6.45, 7) is 10.2. The molecule has 0 aliphatic rings. The van der Waals surface area contributed by atoms with Gasteiger partial charge in [0.05, 0.1) is 5.54 Å². The van der Waals surface area contributed by atoms with Crippen LogP contribution in [0.1, 0.15) is 46.1 Å². The minimum Gasteiger partial charge on any atom is -0.319 e. The number of nitrogens with two attached hydrogens (primary N) is 1. The third-order valence-electron chi connectivity index (χ3n) is 2.00. The number of aromatic nitrogens is 2. The van der Waals surface area contributed by atoms with Crippen LogP contribution >= 0.6 is 0 Å². The van der Waals surface area contributed by atoms with Gasteiger partial charge >= 0.3 is 0 Å². The summed E-state index contributed by atoms with van der Waals surface area (Å²) >= 11 is 0. The zero-order valence-corrected chi connectivity index (χ0v) is 9.63. The van der Waals surface area contributed by atoms with Gasteiger partial charge in [-0.15, -0.1) is 0 Å². The molecule has 78 valence electrons. The first kappa shape index (κ1) is 11.1. The van der Waals surface area contributed by atoms with Crippen LogP contribution in [0.25, 0.3) is 0 Å². The molecular weight excluding hydrogens is 174 g/mol. The van der Waals surface area contributed by atoms with Crippen LogP contribution in [0.15, 0.2) is 12.3 Å². The molecule has 1 rings (SSSR count). The molecule has 0 saturated carbocycles. The Balaban J connectivity index is 3.15. The number of hydrogen-bond acceptors (Lipinski definition) is 3. The van der Waals surface area contributed by atoms with Crippen LogP contribution in [0.3, 0.4) is 0 Å². The van der Waals surface area contributed by atoms with Crippen molar-refractivity contribution >= 4 is 0 Å². The molecule has 0 aliphatic carbocycles. The summed E-state index contributed by atoms with van der Waals surface area (Å²) in [6, 6.07) is 1.94. The first-order valence-electron chi connectivity index (χ1n) is 4.84. The molecule has 2 N–H and O–H groups in total. The minimum atomic E-state index is -0.471. The summed E-state index contributed by atoms with van der Waals surface area (Å²) in [4.78, 5) is 8.67. The molecule has 0 saturated heterocycles. The molecule has 0 amide bonds. The molecule has 0 atom stereocenters. The molecule has 0 unspecified atom stereocenters. The third-order valence-corrected chi connectivity index (χ3v) is 2.00. The molecule has 0 bridgehead atoms. The van der Waals surface area contributed by atoms with E-state index in [0.29, 0.717) is 5.82 Å². The van der Waals surface area contributed by atoms with Gasteiger partial charge in [-0.1, -0.05) is 20.8 Å². The highest BCUT2D eigenvalue weighted by Gasteiger charge is 2.21. The average molecular weight is 193 g/mol. The maximum Gasteiger partial charge on any atom is 0.147 e. The molecule has 1 heterocycles. The molecule has 14 heavy (non-hydrogen) atoms. The molecular formula is C11H19N3. The Bertz CT molecular complexity index is 289. The molecule has 0 fully saturated rings. The highest BCUT2D eigenvalue weighted by molar-refractivity contribution is 5.14. The summed E-state index contributed by atoms with van der Waals surface area (Å²) in [6.07, 6.45) is 1.78. The lowest BCUT2D eigenvalue weighted by Gasteiger charge is -2.22. The van der Waals surface area contributed by atoms with Crippen molar-refractivity contribution in [3.05, 3.63) is 23.8 Å². The van der Waals surface area contributed by atoms with E-state index in [4.69, 9.17) is 5.73 Å². The van der Waals surface area contributed by atoms with Crippen molar-refractivity contribution in [1.82, 2.24) is 9.97 Å². The Morgan fingerprint density at radius 2 is 1.71 bits per heavy atom. The fourth-order valence-electron chi connectivity index (χ4n) is 1.09. The van der Waals surface area contributed by atoms with Crippen molar-refractivity contribution in [2.24, 2.45) is 5.73 Å². The largest absolute Gasteiger partial charge is 0.319 e. The van der Waals surface area contributed by atoms with Gasteiger partial charge in [0.15, 0.2) is 0 Å². The van der Waals surface area contributed by atoms with Crippen LogP contribution in [0.4, 0.5) is 0 Å². The fourth-order valence-corrected chi connectivity index (χ4v) is 1.09. The Morgan fingerprint density at radius 1 is 1.14 bits per heavy atom.